The fraction of sp³-hybridized carbons (Fsp3) is 0.211. The van der Waals surface area contributed by atoms with Crippen LogP contribution in [0.1, 0.15) is 29.2 Å². The first-order valence-electron chi connectivity index (χ1n) is 8.26. The lowest BCUT2D eigenvalue weighted by Crippen LogP contribution is -2.02. The van der Waals surface area contributed by atoms with Crippen molar-refractivity contribution in [3.05, 3.63) is 57.0 Å². The van der Waals surface area contributed by atoms with E-state index in [4.69, 9.17) is 33.3 Å². The molecule has 27 heavy (non-hydrogen) atoms. The van der Waals surface area contributed by atoms with E-state index < -0.39 is 5.97 Å². The number of aromatic carboxylic acids is 1. The van der Waals surface area contributed by atoms with E-state index >= 15 is 0 Å². The first kappa shape index (κ1) is 19.6. The molecule has 2 N–H and O–H groups in total. The highest BCUT2D eigenvalue weighted by Gasteiger charge is 2.16. The molecule has 0 saturated heterocycles. The van der Waals surface area contributed by atoms with Crippen LogP contribution in [0.25, 0.3) is 11.3 Å². The molecule has 3 rings (SSSR count). The molecule has 8 heteroatoms. The molecule has 0 atom stereocenters. The molecule has 0 aliphatic rings. The van der Waals surface area contributed by atoms with Crippen LogP contribution in [0.15, 0.2) is 36.4 Å². The average molecular weight is 422 g/mol. The molecule has 0 amide bonds. The van der Waals surface area contributed by atoms with Crippen molar-refractivity contribution in [1.29, 1.82) is 0 Å². The quantitative estimate of drug-likeness (QED) is 0.498. The Kier molecular flexibility index (Phi) is 5.99. The second kappa shape index (κ2) is 8.25. The summed E-state index contributed by atoms with van der Waals surface area (Å²) >= 11 is 13.7. The number of pyridine rings is 1. The number of halogens is 2. The Hall–Kier alpha value is -2.15. The molecule has 0 spiro atoms. The Morgan fingerprint density at radius 1 is 1.19 bits per heavy atom. The summed E-state index contributed by atoms with van der Waals surface area (Å²) in [5.41, 5.74) is 1.70. The maximum absolute atomic E-state index is 11.1. The molecule has 1 aromatic carbocycles. The summed E-state index contributed by atoms with van der Waals surface area (Å²) in [5, 5.41) is 13.8. The largest absolute Gasteiger partial charge is 0.477 e. The van der Waals surface area contributed by atoms with E-state index in [1.54, 1.807) is 24.3 Å². The van der Waals surface area contributed by atoms with Crippen LogP contribution in [0.5, 0.6) is 0 Å². The van der Waals surface area contributed by atoms with Crippen LogP contribution in [0.3, 0.4) is 0 Å². The van der Waals surface area contributed by atoms with Crippen molar-refractivity contribution in [3.8, 4) is 11.3 Å². The van der Waals surface area contributed by atoms with Crippen LogP contribution in [0.2, 0.25) is 10.0 Å². The summed E-state index contributed by atoms with van der Waals surface area (Å²) < 4.78 is 0. The number of carbonyl (C=O) groups is 1. The Labute approximate surface area is 171 Å². The van der Waals surface area contributed by atoms with Crippen LogP contribution in [0.4, 0.5) is 10.9 Å². The number of anilines is 2. The van der Waals surface area contributed by atoms with Crippen molar-refractivity contribution in [2.24, 2.45) is 5.92 Å². The van der Waals surface area contributed by atoms with Crippen LogP contribution in [-0.4, -0.2) is 21.0 Å². The standard InChI is InChI=1S/C19H17Cl2N3O2S/c1-10(2)8-15-17(11-6-7-12(20)13(21)9-11)24-19(27-15)23-16-5-3-4-14(22-16)18(25)26/h3-7,9-10H,8H2,1-2H3,(H,25,26)(H,22,23,24). The number of aromatic nitrogens is 2. The summed E-state index contributed by atoms with van der Waals surface area (Å²) in [6, 6.07) is 10.2. The molecule has 0 unspecified atom stereocenters. The van der Waals surface area contributed by atoms with Gasteiger partial charge in [-0.3, -0.25) is 0 Å². The zero-order chi connectivity index (χ0) is 19.6. The smallest absolute Gasteiger partial charge is 0.354 e. The maximum atomic E-state index is 11.1. The van der Waals surface area contributed by atoms with E-state index in [9.17, 15) is 4.79 Å². The number of rotatable bonds is 6. The lowest BCUT2D eigenvalue weighted by atomic mass is 10.0. The third kappa shape index (κ3) is 4.77. The lowest BCUT2D eigenvalue weighted by molar-refractivity contribution is 0.0690. The fourth-order valence-electron chi connectivity index (χ4n) is 2.52. The van der Waals surface area contributed by atoms with Gasteiger partial charge in [0.2, 0.25) is 0 Å². The van der Waals surface area contributed by atoms with Crippen molar-refractivity contribution >= 4 is 51.5 Å². The maximum Gasteiger partial charge on any atom is 0.354 e. The van der Waals surface area contributed by atoms with Gasteiger partial charge in [-0.05, 0) is 36.6 Å². The summed E-state index contributed by atoms with van der Waals surface area (Å²) in [6.45, 7) is 4.28. The fourth-order valence-corrected chi connectivity index (χ4v) is 4.02. The molecule has 0 fully saturated rings. The average Bonchev–Trinajstić information content (AvgIpc) is 2.99. The van der Waals surface area contributed by atoms with Gasteiger partial charge in [-0.15, -0.1) is 11.3 Å². The van der Waals surface area contributed by atoms with E-state index in [1.807, 2.05) is 6.07 Å². The minimum absolute atomic E-state index is 0.0244. The Balaban J connectivity index is 1.97. The molecule has 2 aromatic heterocycles. The predicted molar refractivity (Wildman–Crippen MR) is 111 cm³/mol. The first-order valence-corrected chi connectivity index (χ1v) is 9.83. The highest BCUT2D eigenvalue weighted by molar-refractivity contribution is 7.16. The van der Waals surface area contributed by atoms with Crippen molar-refractivity contribution < 1.29 is 9.90 Å². The number of hydrogen-bond acceptors (Lipinski definition) is 5. The number of thiazole rings is 1. The van der Waals surface area contributed by atoms with E-state index in [0.717, 1.165) is 22.6 Å². The third-order valence-electron chi connectivity index (χ3n) is 3.69. The number of carboxylic acid groups (broad SMARTS) is 1. The van der Waals surface area contributed by atoms with Gasteiger partial charge in [-0.2, -0.15) is 0 Å². The summed E-state index contributed by atoms with van der Waals surface area (Å²) in [4.78, 5) is 21.0. The monoisotopic (exact) mass is 421 g/mol. The normalized spacial score (nSPS) is 11.0. The molecule has 0 aliphatic carbocycles. The molecule has 5 nitrogen and oxygen atoms in total. The molecule has 0 bridgehead atoms. The summed E-state index contributed by atoms with van der Waals surface area (Å²) in [5.74, 6) is -0.191. The number of nitrogens with one attached hydrogen (secondary N) is 1. The summed E-state index contributed by atoms with van der Waals surface area (Å²) in [7, 11) is 0. The van der Waals surface area contributed by atoms with Crippen LogP contribution >= 0.6 is 34.5 Å². The zero-order valence-corrected chi connectivity index (χ0v) is 17.0. The number of nitrogens with zero attached hydrogens (tertiary/aromatic N) is 2. The van der Waals surface area contributed by atoms with Crippen molar-refractivity contribution in [3.63, 3.8) is 0 Å². The van der Waals surface area contributed by atoms with Gasteiger partial charge in [0, 0.05) is 10.4 Å². The third-order valence-corrected chi connectivity index (χ3v) is 5.42. The zero-order valence-electron chi connectivity index (χ0n) is 14.7. The Morgan fingerprint density at radius 3 is 2.63 bits per heavy atom. The van der Waals surface area contributed by atoms with Crippen molar-refractivity contribution in [2.45, 2.75) is 20.3 Å². The van der Waals surface area contributed by atoms with Crippen LogP contribution in [-0.2, 0) is 6.42 Å². The van der Waals surface area contributed by atoms with Crippen molar-refractivity contribution in [2.75, 3.05) is 5.32 Å². The second-order valence-electron chi connectivity index (χ2n) is 6.36. The van der Waals surface area contributed by atoms with Gasteiger partial charge < -0.3 is 10.4 Å². The van der Waals surface area contributed by atoms with E-state index in [1.165, 1.54) is 17.4 Å². The molecular weight excluding hydrogens is 405 g/mol. The molecule has 2 heterocycles. The first-order chi connectivity index (χ1) is 12.8. The van der Waals surface area contributed by atoms with Gasteiger partial charge in [0.25, 0.3) is 0 Å². The minimum atomic E-state index is -1.07. The van der Waals surface area contributed by atoms with Crippen molar-refractivity contribution in [1.82, 2.24) is 9.97 Å². The highest BCUT2D eigenvalue weighted by atomic mass is 35.5. The van der Waals surface area contributed by atoms with Gasteiger partial charge in [0.05, 0.1) is 15.7 Å². The Morgan fingerprint density at radius 2 is 1.96 bits per heavy atom. The van der Waals surface area contributed by atoms with E-state index in [2.05, 4.69) is 24.1 Å². The van der Waals surface area contributed by atoms with Crippen LogP contribution in [0, 0.1) is 5.92 Å². The van der Waals surface area contributed by atoms with E-state index in [-0.39, 0.29) is 5.69 Å². The number of hydrogen-bond donors (Lipinski definition) is 2. The molecular formula is C19H17Cl2N3O2S. The van der Waals surface area contributed by atoms with Gasteiger partial charge in [-0.1, -0.05) is 49.2 Å². The van der Waals surface area contributed by atoms with Gasteiger partial charge in [-0.25, -0.2) is 14.8 Å². The molecule has 0 aliphatic heterocycles. The molecule has 3 aromatic rings. The molecule has 140 valence electrons. The topological polar surface area (TPSA) is 75.1 Å². The SMILES string of the molecule is CC(C)Cc1sc(Nc2cccc(C(=O)O)n2)nc1-c1ccc(Cl)c(Cl)c1. The minimum Gasteiger partial charge on any atom is -0.477 e. The van der Waals surface area contributed by atoms with Crippen LogP contribution < -0.4 is 5.32 Å². The van der Waals surface area contributed by atoms with Gasteiger partial charge in [0.1, 0.15) is 5.82 Å². The molecule has 0 saturated carbocycles. The number of benzene rings is 1. The van der Waals surface area contributed by atoms with Gasteiger partial charge >= 0.3 is 5.97 Å². The Bertz CT molecular complexity index is 989. The number of carboxylic acids is 1. The summed E-state index contributed by atoms with van der Waals surface area (Å²) in [6.07, 6.45) is 0.859. The highest BCUT2D eigenvalue weighted by Crippen LogP contribution is 2.36. The second-order valence-corrected chi connectivity index (χ2v) is 8.25. The van der Waals surface area contributed by atoms with Gasteiger partial charge in [0.15, 0.2) is 10.8 Å². The predicted octanol–water partition coefficient (Wildman–Crippen LogP) is 6.15. The molecule has 0 radical (unpaired) electrons. The lowest BCUT2D eigenvalue weighted by Gasteiger charge is -2.06. The van der Waals surface area contributed by atoms with E-state index in [0.29, 0.717) is 26.9 Å².